The Morgan fingerprint density at radius 1 is 0.326 bits per heavy atom. The van der Waals surface area contributed by atoms with Crippen LogP contribution in [-0.2, 0) is 0 Å². The van der Waals surface area contributed by atoms with Crippen molar-refractivity contribution < 1.29 is 0 Å². The van der Waals surface area contributed by atoms with Crippen molar-refractivity contribution in [1.82, 2.24) is 0 Å². The van der Waals surface area contributed by atoms with E-state index in [1.807, 2.05) is 0 Å². The maximum absolute atomic E-state index is 3.70. The van der Waals surface area contributed by atoms with Gasteiger partial charge < -0.3 is 0 Å². The zero-order chi connectivity index (χ0) is 31.5. The fraction of sp³-hybridized carbons (Fsp3) is 0. The number of rotatable bonds is 7. The Bertz CT molecular complexity index is 1980. The van der Waals surface area contributed by atoms with Gasteiger partial charge in [0.25, 0.3) is 0 Å². The van der Waals surface area contributed by atoms with Crippen molar-refractivity contribution in [3.63, 3.8) is 0 Å². The molecular formula is C42H29Br3P+. The molecule has 0 spiro atoms. The molecule has 7 rings (SSSR count). The highest BCUT2D eigenvalue weighted by Gasteiger charge is 2.50. The summed E-state index contributed by atoms with van der Waals surface area (Å²) < 4.78 is 3.19. The van der Waals surface area contributed by atoms with E-state index in [0.717, 1.165) is 13.4 Å². The lowest BCUT2D eigenvalue weighted by molar-refractivity contribution is 1.56. The van der Waals surface area contributed by atoms with Gasteiger partial charge in [0, 0.05) is 19.0 Å². The SMILES string of the molecule is Brc1ccc(-c2cc(-c3ccc(Br)cc3)c(-c3ccc(Br)cc3)c([P+](c3ccccc3)(c3ccccc3)c3ccccc3)c2)cc1. The standard InChI is InChI=1S/C42H29Br3P/c43-34-22-16-30(17-23-34)33-28-40(31-18-24-35(44)25-19-31)42(32-20-26-36(45)27-21-32)41(29-33)46(37-10-4-1-5-11-37,38-12-6-2-7-13-38)39-14-8-3-9-15-39/h1-29H/q+1. The second kappa shape index (κ2) is 13.6. The molecule has 0 aliphatic heterocycles. The molecule has 7 aromatic carbocycles. The van der Waals surface area contributed by atoms with E-state index in [1.54, 1.807) is 0 Å². The van der Waals surface area contributed by atoms with Crippen LogP contribution in [0.1, 0.15) is 0 Å². The molecule has 0 aliphatic rings. The molecule has 0 aromatic heterocycles. The molecule has 0 heterocycles. The Morgan fingerprint density at radius 3 is 1.11 bits per heavy atom. The number of halogens is 3. The normalized spacial score (nSPS) is 11.4. The fourth-order valence-electron chi connectivity index (χ4n) is 6.30. The lowest BCUT2D eigenvalue weighted by Gasteiger charge is -2.31. The van der Waals surface area contributed by atoms with Gasteiger partial charge in [0.15, 0.2) is 0 Å². The highest BCUT2D eigenvalue weighted by molar-refractivity contribution is 9.11. The summed E-state index contributed by atoms with van der Waals surface area (Å²) in [6.07, 6.45) is 0. The van der Waals surface area contributed by atoms with Crippen LogP contribution in [0.15, 0.2) is 189 Å². The van der Waals surface area contributed by atoms with Crippen molar-refractivity contribution in [1.29, 1.82) is 0 Å². The monoisotopic (exact) mass is 801 g/mol. The minimum absolute atomic E-state index is 1.06. The summed E-state index contributed by atoms with van der Waals surface area (Å²) in [6, 6.07) is 64.5. The predicted molar refractivity (Wildman–Crippen MR) is 211 cm³/mol. The third-order valence-electron chi connectivity index (χ3n) is 8.38. The molecule has 4 heteroatoms. The molecule has 222 valence electrons. The van der Waals surface area contributed by atoms with Crippen LogP contribution in [0.3, 0.4) is 0 Å². The first-order chi connectivity index (χ1) is 22.5. The third-order valence-corrected chi connectivity index (χ3v) is 14.3. The van der Waals surface area contributed by atoms with Crippen LogP contribution in [-0.4, -0.2) is 0 Å². The Hall–Kier alpha value is -3.59. The largest absolute Gasteiger partial charge is 0.145 e. The lowest BCUT2D eigenvalue weighted by atomic mass is 9.91. The second-order valence-corrected chi connectivity index (χ2v) is 17.2. The minimum atomic E-state index is -2.46. The molecule has 0 bridgehead atoms. The third kappa shape index (κ3) is 5.98. The molecule has 0 saturated heterocycles. The van der Waals surface area contributed by atoms with Gasteiger partial charge in [0.2, 0.25) is 0 Å². The van der Waals surface area contributed by atoms with Gasteiger partial charge in [0.05, 0.1) is 0 Å². The molecule has 0 radical (unpaired) electrons. The Morgan fingerprint density at radius 2 is 0.696 bits per heavy atom. The summed E-state index contributed by atoms with van der Waals surface area (Å²) in [5.74, 6) is 0. The van der Waals surface area contributed by atoms with Crippen molar-refractivity contribution in [3.05, 3.63) is 189 Å². The number of benzene rings is 7. The number of hydrogen-bond donors (Lipinski definition) is 0. The van der Waals surface area contributed by atoms with Gasteiger partial charge in [-0.3, -0.25) is 0 Å². The fourth-order valence-corrected chi connectivity index (χ4v) is 11.6. The van der Waals surface area contributed by atoms with Crippen LogP contribution >= 0.6 is 55.1 Å². The van der Waals surface area contributed by atoms with Crippen molar-refractivity contribution in [2.75, 3.05) is 0 Å². The van der Waals surface area contributed by atoms with Gasteiger partial charge >= 0.3 is 0 Å². The predicted octanol–water partition coefficient (Wildman–Crippen LogP) is 11.6. The average molecular weight is 804 g/mol. The van der Waals surface area contributed by atoms with Crippen LogP contribution in [0.25, 0.3) is 33.4 Å². The van der Waals surface area contributed by atoms with Gasteiger partial charge in [-0.1, -0.05) is 139 Å². The van der Waals surface area contributed by atoms with E-state index in [1.165, 1.54) is 54.6 Å². The topological polar surface area (TPSA) is 0 Å². The zero-order valence-corrected chi connectivity index (χ0v) is 30.5. The van der Waals surface area contributed by atoms with Crippen molar-refractivity contribution >= 4 is 76.3 Å². The highest BCUT2D eigenvalue weighted by Crippen LogP contribution is 2.57. The van der Waals surface area contributed by atoms with Crippen LogP contribution in [0, 0.1) is 0 Å². The van der Waals surface area contributed by atoms with Crippen LogP contribution in [0.2, 0.25) is 0 Å². The molecule has 0 unspecified atom stereocenters. The van der Waals surface area contributed by atoms with Gasteiger partial charge in [-0.2, -0.15) is 0 Å². The summed E-state index contributed by atoms with van der Waals surface area (Å²) >= 11 is 11.0. The van der Waals surface area contributed by atoms with Crippen LogP contribution in [0.5, 0.6) is 0 Å². The molecule has 0 amide bonds. The first-order valence-corrected chi connectivity index (χ1v) is 19.2. The number of hydrogen-bond acceptors (Lipinski definition) is 0. The average Bonchev–Trinajstić information content (AvgIpc) is 3.11. The van der Waals surface area contributed by atoms with Gasteiger partial charge in [-0.25, -0.2) is 0 Å². The summed E-state index contributed by atoms with van der Waals surface area (Å²) in [5.41, 5.74) is 7.18. The van der Waals surface area contributed by atoms with E-state index < -0.39 is 7.26 Å². The van der Waals surface area contributed by atoms with E-state index in [0.29, 0.717) is 0 Å². The van der Waals surface area contributed by atoms with Crippen LogP contribution < -0.4 is 21.2 Å². The lowest BCUT2D eigenvalue weighted by Crippen LogP contribution is -2.39. The van der Waals surface area contributed by atoms with E-state index >= 15 is 0 Å². The summed E-state index contributed by atoms with van der Waals surface area (Å²) in [6.45, 7) is 0. The van der Waals surface area contributed by atoms with E-state index in [4.69, 9.17) is 0 Å². The Balaban J connectivity index is 1.72. The van der Waals surface area contributed by atoms with Crippen LogP contribution in [0.4, 0.5) is 0 Å². The van der Waals surface area contributed by atoms with Crippen molar-refractivity contribution in [2.45, 2.75) is 0 Å². The highest BCUT2D eigenvalue weighted by atomic mass is 79.9. The van der Waals surface area contributed by atoms with Crippen molar-refractivity contribution in [3.8, 4) is 33.4 Å². The van der Waals surface area contributed by atoms with E-state index in [2.05, 4.69) is 224 Å². The molecule has 0 atom stereocenters. The summed E-state index contributed by atoms with van der Waals surface area (Å²) in [5, 5.41) is 5.29. The van der Waals surface area contributed by atoms with E-state index in [9.17, 15) is 0 Å². The smallest absolute Gasteiger partial charge is 0.0620 e. The summed E-state index contributed by atoms with van der Waals surface area (Å²) in [4.78, 5) is 0. The summed E-state index contributed by atoms with van der Waals surface area (Å²) in [7, 11) is -2.46. The molecule has 46 heavy (non-hydrogen) atoms. The molecule has 0 nitrogen and oxygen atoms in total. The first-order valence-electron chi connectivity index (χ1n) is 15.1. The van der Waals surface area contributed by atoms with E-state index in [-0.39, 0.29) is 0 Å². The zero-order valence-electron chi connectivity index (χ0n) is 24.8. The quantitative estimate of drug-likeness (QED) is 0.141. The van der Waals surface area contributed by atoms with Crippen molar-refractivity contribution in [2.24, 2.45) is 0 Å². The van der Waals surface area contributed by atoms with Gasteiger partial charge in [0.1, 0.15) is 28.5 Å². The first kappa shape index (κ1) is 31.0. The Kier molecular flexibility index (Phi) is 9.20. The maximum Gasteiger partial charge on any atom is 0.145 e. The second-order valence-electron chi connectivity index (χ2n) is 11.1. The minimum Gasteiger partial charge on any atom is -0.0620 e. The molecule has 7 aromatic rings. The maximum atomic E-state index is 3.70. The van der Waals surface area contributed by atoms with Gasteiger partial charge in [-0.15, -0.1) is 0 Å². The molecular weight excluding hydrogens is 775 g/mol. The molecule has 0 saturated carbocycles. The van der Waals surface area contributed by atoms with Gasteiger partial charge in [-0.05, 0) is 113 Å². The molecule has 0 fully saturated rings. The molecule has 0 N–H and O–H groups in total. The molecule has 0 aliphatic carbocycles. The Labute approximate surface area is 296 Å².